The third-order valence-corrected chi connectivity index (χ3v) is 3.82. The summed E-state index contributed by atoms with van der Waals surface area (Å²) in [7, 11) is 1.62. The Balaban J connectivity index is 1.82. The van der Waals surface area contributed by atoms with Crippen LogP contribution in [-0.4, -0.2) is 43.7 Å². The third kappa shape index (κ3) is 5.19. The standard InChI is InChI=1S/C18H25NO3/c1-15(14-19-12-6-3-7-13-19)22-18(20)11-10-16-8-4-5-9-17(16)21-2/h4-5,8-11,15H,3,6-7,12-14H2,1-2H3/b11-10+/t15-/m1/s1. The third-order valence-electron chi connectivity index (χ3n) is 3.82. The summed E-state index contributed by atoms with van der Waals surface area (Å²) in [5.74, 6) is 0.434. The van der Waals surface area contributed by atoms with Crippen LogP contribution in [0.5, 0.6) is 5.75 Å². The van der Waals surface area contributed by atoms with Crippen molar-refractivity contribution < 1.29 is 14.3 Å². The molecule has 0 radical (unpaired) electrons. The number of carbonyl (C=O) groups excluding carboxylic acids is 1. The summed E-state index contributed by atoms with van der Waals surface area (Å²) >= 11 is 0. The molecular weight excluding hydrogens is 278 g/mol. The quantitative estimate of drug-likeness (QED) is 0.598. The van der Waals surface area contributed by atoms with Crippen LogP contribution in [0.15, 0.2) is 30.3 Å². The molecule has 0 unspecified atom stereocenters. The van der Waals surface area contributed by atoms with Crippen LogP contribution in [0.4, 0.5) is 0 Å². The second-order valence-electron chi connectivity index (χ2n) is 5.68. The molecule has 4 heteroatoms. The summed E-state index contributed by atoms with van der Waals surface area (Å²) < 4.78 is 10.7. The van der Waals surface area contributed by atoms with Gasteiger partial charge < -0.3 is 9.47 Å². The molecule has 0 spiro atoms. The number of carbonyl (C=O) groups is 1. The molecule has 1 saturated heterocycles. The van der Waals surface area contributed by atoms with Crippen LogP contribution >= 0.6 is 0 Å². The van der Waals surface area contributed by atoms with Crippen LogP contribution in [0.25, 0.3) is 6.08 Å². The van der Waals surface area contributed by atoms with E-state index in [0.29, 0.717) is 0 Å². The highest BCUT2D eigenvalue weighted by molar-refractivity contribution is 5.87. The van der Waals surface area contributed by atoms with Crippen molar-refractivity contribution in [3.8, 4) is 5.75 Å². The van der Waals surface area contributed by atoms with Gasteiger partial charge in [-0.15, -0.1) is 0 Å². The molecule has 1 heterocycles. The molecule has 22 heavy (non-hydrogen) atoms. The Morgan fingerprint density at radius 2 is 2.00 bits per heavy atom. The number of rotatable bonds is 6. The first kappa shape index (κ1) is 16.6. The number of benzene rings is 1. The molecule has 0 aliphatic carbocycles. The SMILES string of the molecule is COc1ccccc1/C=C/C(=O)O[C@H](C)CN1CCCCC1. The van der Waals surface area contributed by atoms with Gasteiger partial charge in [0.1, 0.15) is 11.9 Å². The summed E-state index contributed by atoms with van der Waals surface area (Å²) in [5.41, 5.74) is 0.866. The molecule has 0 amide bonds. The van der Waals surface area contributed by atoms with E-state index in [9.17, 15) is 4.79 Å². The second kappa shape index (κ2) is 8.59. The molecule has 120 valence electrons. The number of likely N-dealkylation sites (tertiary alicyclic amines) is 1. The molecule has 0 saturated carbocycles. The lowest BCUT2D eigenvalue weighted by Gasteiger charge is -2.28. The zero-order valence-corrected chi connectivity index (χ0v) is 13.5. The fourth-order valence-corrected chi connectivity index (χ4v) is 2.74. The van der Waals surface area contributed by atoms with Gasteiger partial charge in [0.15, 0.2) is 0 Å². The van der Waals surface area contributed by atoms with Crippen molar-refractivity contribution in [2.75, 3.05) is 26.7 Å². The molecule has 1 fully saturated rings. The van der Waals surface area contributed by atoms with Gasteiger partial charge in [-0.05, 0) is 45.0 Å². The van der Waals surface area contributed by atoms with Crippen LogP contribution in [0.1, 0.15) is 31.7 Å². The minimum atomic E-state index is -0.310. The smallest absolute Gasteiger partial charge is 0.331 e. The van der Waals surface area contributed by atoms with Crippen molar-refractivity contribution in [1.82, 2.24) is 4.90 Å². The van der Waals surface area contributed by atoms with Gasteiger partial charge in [-0.1, -0.05) is 24.6 Å². The van der Waals surface area contributed by atoms with E-state index >= 15 is 0 Å². The monoisotopic (exact) mass is 303 g/mol. The zero-order valence-electron chi connectivity index (χ0n) is 13.5. The van der Waals surface area contributed by atoms with E-state index in [1.54, 1.807) is 13.2 Å². The first-order valence-electron chi connectivity index (χ1n) is 7.93. The van der Waals surface area contributed by atoms with Crippen LogP contribution < -0.4 is 4.74 Å². The Hall–Kier alpha value is -1.81. The molecule has 1 aliphatic rings. The fraction of sp³-hybridized carbons (Fsp3) is 0.500. The number of piperidine rings is 1. The first-order chi connectivity index (χ1) is 10.7. The van der Waals surface area contributed by atoms with Crippen molar-refractivity contribution in [2.24, 2.45) is 0 Å². The molecule has 1 aromatic carbocycles. The summed E-state index contributed by atoms with van der Waals surface area (Å²) in [4.78, 5) is 14.3. The van der Waals surface area contributed by atoms with Gasteiger partial charge in [-0.2, -0.15) is 0 Å². The average Bonchev–Trinajstić information content (AvgIpc) is 2.54. The van der Waals surface area contributed by atoms with Gasteiger partial charge in [0, 0.05) is 18.2 Å². The molecule has 2 rings (SSSR count). The summed E-state index contributed by atoms with van der Waals surface area (Å²) in [6.45, 7) is 4.98. The maximum absolute atomic E-state index is 11.9. The molecule has 1 aliphatic heterocycles. The fourth-order valence-electron chi connectivity index (χ4n) is 2.74. The van der Waals surface area contributed by atoms with Gasteiger partial charge in [-0.25, -0.2) is 4.79 Å². The van der Waals surface area contributed by atoms with Crippen LogP contribution in [0.3, 0.4) is 0 Å². The molecular formula is C18H25NO3. The lowest BCUT2D eigenvalue weighted by Crippen LogP contribution is -2.36. The van der Waals surface area contributed by atoms with Crippen LogP contribution in [0, 0.1) is 0 Å². The van der Waals surface area contributed by atoms with Gasteiger partial charge in [0.25, 0.3) is 0 Å². The largest absolute Gasteiger partial charge is 0.496 e. The zero-order chi connectivity index (χ0) is 15.8. The highest BCUT2D eigenvalue weighted by atomic mass is 16.5. The minimum absolute atomic E-state index is 0.0899. The molecule has 0 aromatic heterocycles. The predicted octanol–water partition coefficient (Wildman–Crippen LogP) is 3.13. The van der Waals surface area contributed by atoms with E-state index in [0.717, 1.165) is 30.9 Å². The number of ether oxygens (including phenoxy) is 2. The van der Waals surface area contributed by atoms with Gasteiger partial charge in [0.2, 0.25) is 0 Å². The highest BCUT2D eigenvalue weighted by Gasteiger charge is 2.15. The van der Waals surface area contributed by atoms with Crippen molar-refractivity contribution in [3.63, 3.8) is 0 Å². The summed E-state index contributed by atoms with van der Waals surface area (Å²) in [6.07, 6.45) is 6.90. The Kier molecular flexibility index (Phi) is 6.46. The Morgan fingerprint density at radius 1 is 1.27 bits per heavy atom. The summed E-state index contributed by atoms with van der Waals surface area (Å²) in [5, 5.41) is 0. The van der Waals surface area contributed by atoms with Crippen LogP contribution in [0.2, 0.25) is 0 Å². The molecule has 0 bridgehead atoms. The van der Waals surface area contributed by atoms with Crippen molar-refractivity contribution in [1.29, 1.82) is 0 Å². The van der Waals surface area contributed by atoms with Gasteiger partial charge in [0.05, 0.1) is 7.11 Å². The van der Waals surface area contributed by atoms with E-state index in [1.807, 2.05) is 31.2 Å². The second-order valence-corrected chi connectivity index (χ2v) is 5.68. The van der Waals surface area contributed by atoms with E-state index < -0.39 is 0 Å². The number of esters is 1. The molecule has 4 nitrogen and oxygen atoms in total. The molecule has 1 aromatic rings. The topological polar surface area (TPSA) is 38.8 Å². The normalized spacial score (nSPS) is 17.4. The Morgan fingerprint density at radius 3 is 2.73 bits per heavy atom. The van der Waals surface area contributed by atoms with Crippen molar-refractivity contribution in [2.45, 2.75) is 32.3 Å². The van der Waals surface area contributed by atoms with E-state index in [4.69, 9.17) is 9.47 Å². The average molecular weight is 303 g/mol. The minimum Gasteiger partial charge on any atom is -0.496 e. The Bertz CT molecular complexity index is 507. The number of methoxy groups -OCH3 is 1. The van der Waals surface area contributed by atoms with Crippen molar-refractivity contribution >= 4 is 12.0 Å². The Labute approximate surface area is 132 Å². The predicted molar refractivity (Wildman–Crippen MR) is 87.9 cm³/mol. The molecule has 1 atom stereocenters. The van der Waals surface area contributed by atoms with Crippen molar-refractivity contribution in [3.05, 3.63) is 35.9 Å². The first-order valence-corrected chi connectivity index (χ1v) is 7.93. The van der Waals surface area contributed by atoms with Gasteiger partial charge in [-0.3, -0.25) is 4.90 Å². The van der Waals surface area contributed by atoms with E-state index in [-0.39, 0.29) is 12.1 Å². The lowest BCUT2D eigenvalue weighted by atomic mass is 10.1. The lowest BCUT2D eigenvalue weighted by molar-refractivity contribution is -0.143. The molecule has 0 N–H and O–H groups in total. The number of para-hydroxylation sites is 1. The summed E-state index contributed by atoms with van der Waals surface area (Å²) in [6, 6.07) is 7.57. The maximum atomic E-state index is 11.9. The highest BCUT2D eigenvalue weighted by Crippen LogP contribution is 2.18. The number of hydrogen-bond donors (Lipinski definition) is 0. The van der Waals surface area contributed by atoms with E-state index in [1.165, 1.54) is 25.3 Å². The van der Waals surface area contributed by atoms with Crippen LogP contribution in [-0.2, 0) is 9.53 Å². The maximum Gasteiger partial charge on any atom is 0.331 e. The number of hydrogen-bond acceptors (Lipinski definition) is 4. The van der Waals surface area contributed by atoms with E-state index in [2.05, 4.69) is 4.90 Å². The number of nitrogens with zero attached hydrogens (tertiary/aromatic N) is 1. The van der Waals surface area contributed by atoms with Gasteiger partial charge >= 0.3 is 5.97 Å².